The molecule has 0 saturated carbocycles. The summed E-state index contributed by atoms with van der Waals surface area (Å²) >= 11 is 0. The van der Waals surface area contributed by atoms with Crippen molar-refractivity contribution in [2.75, 3.05) is 19.5 Å². The zero-order valence-electron chi connectivity index (χ0n) is 16.1. The number of benzene rings is 2. The fraction of sp³-hybridized carbons (Fsp3) is 0.238. The molecule has 3 rings (SSSR count). The Kier molecular flexibility index (Phi) is 5.35. The molecule has 2 aromatic rings. The maximum atomic E-state index is 13.3. The lowest BCUT2D eigenvalue weighted by Crippen LogP contribution is -2.38. The average Bonchev–Trinajstić information content (AvgIpc) is 2.92. The highest BCUT2D eigenvalue weighted by molar-refractivity contribution is 6.36. The summed E-state index contributed by atoms with van der Waals surface area (Å²) in [6.07, 6.45) is 0. The summed E-state index contributed by atoms with van der Waals surface area (Å²) in [5.74, 6) is -0.256. The van der Waals surface area contributed by atoms with Crippen LogP contribution in [-0.4, -0.2) is 37.0 Å². The highest BCUT2D eigenvalue weighted by Gasteiger charge is 2.40. The van der Waals surface area contributed by atoms with Crippen molar-refractivity contribution < 1.29 is 23.5 Å². The zero-order chi connectivity index (χ0) is 20.4. The lowest BCUT2D eigenvalue weighted by atomic mass is 10.0. The fourth-order valence-electron chi connectivity index (χ4n) is 3.05. The highest BCUT2D eigenvalue weighted by atomic mass is 19.1. The third kappa shape index (κ3) is 3.43. The summed E-state index contributed by atoms with van der Waals surface area (Å²) in [6.45, 7) is 3.52. The molecule has 1 aliphatic heterocycles. The van der Waals surface area contributed by atoms with Gasteiger partial charge >= 0.3 is 0 Å². The van der Waals surface area contributed by atoms with Gasteiger partial charge in [0.1, 0.15) is 23.0 Å². The van der Waals surface area contributed by atoms with Gasteiger partial charge in [0.05, 0.1) is 25.5 Å². The van der Waals surface area contributed by atoms with Gasteiger partial charge in [-0.1, -0.05) is 12.1 Å². The molecule has 0 radical (unpaired) electrons. The molecule has 1 heterocycles. The van der Waals surface area contributed by atoms with Crippen LogP contribution in [-0.2, 0) is 9.59 Å². The van der Waals surface area contributed by atoms with E-state index in [0.717, 1.165) is 0 Å². The van der Waals surface area contributed by atoms with Crippen LogP contribution in [0.5, 0.6) is 11.5 Å². The number of carbonyl (C=O) groups excluding carboxylic acids is 2. The highest BCUT2D eigenvalue weighted by Crippen LogP contribution is 2.35. The molecule has 0 aliphatic carbocycles. The number of halogens is 1. The van der Waals surface area contributed by atoms with E-state index < -0.39 is 17.6 Å². The maximum absolute atomic E-state index is 13.3. The molecule has 0 aromatic heterocycles. The van der Waals surface area contributed by atoms with Gasteiger partial charge in [-0.25, -0.2) is 4.39 Å². The van der Waals surface area contributed by atoms with Crippen LogP contribution in [0.1, 0.15) is 19.4 Å². The van der Waals surface area contributed by atoms with Gasteiger partial charge in [-0.3, -0.25) is 14.5 Å². The van der Waals surface area contributed by atoms with Crippen LogP contribution in [0.4, 0.5) is 10.1 Å². The van der Waals surface area contributed by atoms with E-state index in [0.29, 0.717) is 22.7 Å². The Morgan fingerprint density at radius 1 is 0.964 bits per heavy atom. The summed E-state index contributed by atoms with van der Waals surface area (Å²) in [4.78, 5) is 27.1. The van der Waals surface area contributed by atoms with Crippen molar-refractivity contribution in [3.05, 3.63) is 59.5 Å². The minimum absolute atomic E-state index is 0.119. The topological polar surface area (TPSA) is 67.9 Å². The van der Waals surface area contributed by atoms with Crippen LogP contribution in [0, 0.1) is 5.82 Å². The van der Waals surface area contributed by atoms with Crippen LogP contribution in [0.25, 0.3) is 5.57 Å². The van der Waals surface area contributed by atoms with E-state index in [-0.39, 0.29) is 17.3 Å². The largest absolute Gasteiger partial charge is 0.497 e. The van der Waals surface area contributed by atoms with Crippen LogP contribution >= 0.6 is 0 Å². The summed E-state index contributed by atoms with van der Waals surface area (Å²) in [7, 11) is 3.04. The molecule has 0 atom stereocenters. The van der Waals surface area contributed by atoms with E-state index >= 15 is 0 Å². The average molecular weight is 384 g/mol. The standard InChI is InChI=1S/C21H21FN2O4/c1-12(2)24-20(25)18(13-5-7-14(22)8-6-13)19(21(24)26)23-16-10-9-15(27-3)11-17(16)28-4/h5-12,23H,1-4H3. The van der Waals surface area contributed by atoms with E-state index in [2.05, 4.69) is 5.32 Å². The summed E-state index contributed by atoms with van der Waals surface area (Å²) in [5, 5.41) is 3.03. The number of hydrogen-bond acceptors (Lipinski definition) is 5. The molecule has 0 fully saturated rings. The van der Waals surface area contributed by atoms with Crippen molar-refractivity contribution >= 4 is 23.1 Å². The molecule has 6 nitrogen and oxygen atoms in total. The van der Waals surface area contributed by atoms with Gasteiger partial charge in [0.15, 0.2) is 0 Å². The minimum Gasteiger partial charge on any atom is -0.497 e. The Morgan fingerprint density at radius 3 is 2.21 bits per heavy atom. The fourth-order valence-corrected chi connectivity index (χ4v) is 3.05. The molecule has 146 valence electrons. The SMILES string of the molecule is COc1ccc(NC2=C(c3ccc(F)cc3)C(=O)N(C(C)C)C2=O)c(OC)c1. The lowest BCUT2D eigenvalue weighted by Gasteiger charge is -2.19. The Balaban J connectivity index is 2.11. The first-order valence-corrected chi connectivity index (χ1v) is 8.74. The van der Waals surface area contributed by atoms with Crippen molar-refractivity contribution in [2.24, 2.45) is 0 Å². The first-order valence-electron chi connectivity index (χ1n) is 8.74. The summed E-state index contributed by atoms with van der Waals surface area (Å²) < 4.78 is 23.9. The first kappa shape index (κ1) is 19.4. The number of carbonyl (C=O) groups is 2. The molecule has 28 heavy (non-hydrogen) atoms. The van der Waals surface area contributed by atoms with Crippen molar-refractivity contribution in [3.63, 3.8) is 0 Å². The normalized spacial score (nSPS) is 14.1. The third-order valence-corrected chi connectivity index (χ3v) is 4.43. The molecule has 7 heteroatoms. The minimum atomic E-state index is -0.447. The quantitative estimate of drug-likeness (QED) is 0.773. The van der Waals surface area contributed by atoms with Gasteiger partial charge in [-0.15, -0.1) is 0 Å². The third-order valence-electron chi connectivity index (χ3n) is 4.43. The van der Waals surface area contributed by atoms with Crippen molar-refractivity contribution in [1.82, 2.24) is 4.90 Å². The van der Waals surface area contributed by atoms with E-state index in [4.69, 9.17) is 9.47 Å². The number of hydrogen-bond donors (Lipinski definition) is 1. The molecule has 0 saturated heterocycles. The molecule has 2 amide bonds. The van der Waals surface area contributed by atoms with Crippen LogP contribution in [0.2, 0.25) is 0 Å². The van der Waals surface area contributed by atoms with Crippen molar-refractivity contribution in [2.45, 2.75) is 19.9 Å². The van der Waals surface area contributed by atoms with E-state index in [9.17, 15) is 14.0 Å². The predicted octanol–water partition coefficient (Wildman–Crippen LogP) is 3.44. The Hall–Kier alpha value is -3.35. The maximum Gasteiger partial charge on any atom is 0.278 e. The summed E-state index contributed by atoms with van der Waals surface area (Å²) in [6, 6.07) is 10.2. The van der Waals surface area contributed by atoms with E-state index in [1.54, 1.807) is 32.0 Å². The number of rotatable bonds is 6. The molecule has 1 N–H and O–H groups in total. The van der Waals surface area contributed by atoms with E-state index in [1.807, 2.05) is 0 Å². The molecular formula is C21H21FN2O4. The predicted molar refractivity (Wildman–Crippen MR) is 103 cm³/mol. The number of methoxy groups -OCH3 is 2. The second-order valence-electron chi connectivity index (χ2n) is 6.52. The smallest absolute Gasteiger partial charge is 0.278 e. The van der Waals surface area contributed by atoms with Crippen LogP contribution in [0.3, 0.4) is 0 Å². The Bertz CT molecular complexity index is 951. The van der Waals surface area contributed by atoms with Gasteiger partial charge in [0.25, 0.3) is 11.8 Å². The van der Waals surface area contributed by atoms with Gasteiger partial charge in [0.2, 0.25) is 0 Å². The first-order chi connectivity index (χ1) is 13.4. The second kappa shape index (κ2) is 7.72. The zero-order valence-corrected chi connectivity index (χ0v) is 16.1. The number of imide groups is 1. The van der Waals surface area contributed by atoms with Gasteiger partial charge in [0, 0.05) is 12.1 Å². The number of amides is 2. The van der Waals surface area contributed by atoms with Gasteiger partial charge in [-0.05, 0) is 43.7 Å². The lowest BCUT2D eigenvalue weighted by molar-refractivity contribution is -0.138. The summed E-state index contributed by atoms with van der Waals surface area (Å²) in [5.41, 5.74) is 1.27. The molecule has 1 aliphatic rings. The van der Waals surface area contributed by atoms with E-state index in [1.165, 1.54) is 43.4 Å². The van der Waals surface area contributed by atoms with Gasteiger partial charge in [-0.2, -0.15) is 0 Å². The second-order valence-corrected chi connectivity index (χ2v) is 6.52. The van der Waals surface area contributed by atoms with Crippen LogP contribution < -0.4 is 14.8 Å². The monoisotopic (exact) mass is 384 g/mol. The molecule has 2 aromatic carbocycles. The van der Waals surface area contributed by atoms with Crippen LogP contribution in [0.15, 0.2) is 48.2 Å². The molecular weight excluding hydrogens is 363 g/mol. The number of nitrogens with zero attached hydrogens (tertiary/aromatic N) is 1. The molecule has 0 bridgehead atoms. The van der Waals surface area contributed by atoms with Crippen molar-refractivity contribution in [3.8, 4) is 11.5 Å². The Morgan fingerprint density at radius 2 is 1.64 bits per heavy atom. The number of nitrogens with one attached hydrogen (secondary N) is 1. The Labute approximate surface area is 162 Å². The van der Waals surface area contributed by atoms with Crippen molar-refractivity contribution in [1.29, 1.82) is 0 Å². The molecule has 0 spiro atoms. The molecule has 0 unspecified atom stereocenters. The number of anilines is 1. The van der Waals surface area contributed by atoms with Gasteiger partial charge < -0.3 is 14.8 Å². The number of ether oxygens (including phenoxy) is 2.